The smallest absolute Gasteiger partial charge is 0.0931 e. The predicted molar refractivity (Wildman–Crippen MR) is 57.3 cm³/mol. The molecule has 1 aromatic heterocycles. The maximum Gasteiger partial charge on any atom is 0.0931 e. The number of hydrogen-bond acceptors (Lipinski definition) is 1. The summed E-state index contributed by atoms with van der Waals surface area (Å²) in [6.07, 6.45) is 1.15. The van der Waals surface area contributed by atoms with Crippen molar-refractivity contribution in [1.82, 2.24) is 0 Å². The van der Waals surface area contributed by atoms with E-state index in [1.54, 1.807) is 11.3 Å². The van der Waals surface area contributed by atoms with E-state index < -0.39 is 0 Å². The fourth-order valence-corrected chi connectivity index (χ4v) is 3.20. The van der Waals surface area contributed by atoms with Crippen molar-refractivity contribution in [2.75, 3.05) is 0 Å². The Morgan fingerprint density at radius 3 is 2.64 bits per heavy atom. The number of thiophene rings is 1. The third-order valence-corrected chi connectivity index (χ3v) is 4.68. The van der Waals surface area contributed by atoms with Gasteiger partial charge < -0.3 is 0 Å². The zero-order valence-electron chi connectivity index (χ0n) is 5.48. The number of halogens is 3. The third kappa shape index (κ3) is 1.67. The Hall–Kier alpha value is 0.950. The fraction of sp³-hybridized carbons (Fsp3) is 0.429. The van der Waals surface area contributed by atoms with Gasteiger partial charge in [-0.15, -0.1) is 11.3 Å². The molecule has 1 aliphatic carbocycles. The molecule has 11 heavy (non-hydrogen) atoms. The Labute approximate surface area is 91.2 Å². The van der Waals surface area contributed by atoms with Crippen molar-refractivity contribution in [2.45, 2.75) is 15.6 Å². The molecule has 0 N–H and O–H groups in total. The van der Waals surface area contributed by atoms with Crippen LogP contribution in [0, 0.1) is 0 Å². The van der Waals surface area contributed by atoms with Crippen LogP contribution in [0.1, 0.15) is 17.9 Å². The van der Waals surface area contributed by atoms with Crippen LogP contribution >= 0.6 is 54.8 Å². The van der Waals surface area contributed by atoms with Gasteiger partial charge in [0.05, 0.1) is 7.57 Å². The standard InChI is InChI=1S/C7H5Br2ClS/c8-7(9)2-5(7)4-1-6(10)11-3-4/h1,3,5H,2H2. The first-order valence-electron chi connectivity index (χ1n) is 3.21. The number of rotatable bonds is 1. The van der Waals surface area contributed by atoms with E-state index in [9.17, 15) is 0 Å². The van der Waals surface area contributed by atoms with Crippen LogP contribution in [0.15, 0.2) is 11.4 Å². The molecule has 0 nitrogen and oxygen atoms in total. The summed E-state index contributed by atoms with van der Waals surface area (Å²) >= 11 is 14.6. The maximum absolute atomic E-state index is 5.81. The Kier molecular flexibility index (Phi) is 2.12. The predicted octanol–water partition coefficient (Wildman–Crippen LogP) is 4.37. The van der Waals surface area contributed by atoms with Gasteiger partial charge >= 0.3 is 0 Å². The number of hydrogen-bond donors (Lipinski definition) is 0. The average molecular weight is 316 g/mol. The summed E-state index contributed by atoms with van der Waals surface area (Å²) in [5.74, 6) is 0.603. The van der Waals surface area contributed by atoms with Gasteiger partial charge in [-0.25, -0.2) is 0 Å². The van der Waals surface area contributed by atoms with Crippen LogP contribution in [0.5, 0.6) is 0 Å². The second-order valence-electron chi connectivity index (χ2n) is 2.70. The van der Waals surface area contributed by atoms with Crippen LogP contribution in [0.3, 0.4) is 0 Å². The average Bonchev–Trinajstić information content (AvgIpc) is 2.39. The highest BCUT2D eigenvalue weighted by Gasteiger charge is 2.51. The van der Waals surface area contributed by atoms with Crippen LogP contribution in [-0.2, 0) is 0 Å². The topological polar surface area (TPSA) is 0 Å². The van der Waals surface area contributed by atoms with E-state index >= 15 is 0 Å². The highest BCUT2D eigenvalue weighted by molar-refractivity contribution is 9.25. The minimum absolute atomic E-state index is 0.157. The molecule has 2 rings (SSSR count). The summed E-state index contributed by atoms with van der Waals surface area (Å²) in [5, 5.41) is 2.12. The van der Waals surface area contributed by atoms with Crippen molar-refractivity contribution in [3.8, 4) is 0 Å². The molecule has 0 saturated heterocycles. The van der Waals surface area contributed by atoms with Gasteiger partial charge in [0.15, 0.2) is 0 Å². The van der Waals surface area contributed by atoms with Gasteiger partial charge in [0.1, 0.15) is 0 Å². The Morgan fingerprint density at radius 1 is 1.64 bits per heavy atom. The summed E-state index contributed by atoms with van der Waals surface area (Å²) in [7, 11) is 0. The van der Waals surface area contributed by atoms with Crippen molar-refractivity contribution >= 4 is 54.8 Å². The minimum atomic E-state index is 0.157. The molecule has 0 bridgehead atoms. The van der Waals surface area contributed by atoms with Gasteiger partial charge in [-0.1, -0.05) is 43.5 Å². The molecular formula is C7H5Br2ClS. The molecule has 1 aromatic rings. The molecule has 0 aromatic carbocycles. The van der Waals surface area contributed by atoms with Crippen LogP contribution < -0.4 is 0 Å². The van der Waals surface area contributed by atoms with Crippen molar-refractivity contribution in [2.24, 2.45) is 0 Å². The molecule has 0 amide bonds. The lowest BCUT2D eigenvalue weighted by Gasteiger charge is -1.94. The van der Waals surface area contributed by atoms with Gasteiger partial charge in [-0.2, -0.15) is 0 Å². The molecule has 1 fully saturated rings. The monoisotopic (exact) mass is 314 g/mol. The van der Waals surface area contributed by atoms with Crippen molar-refractivity contribution < 1.29 is 0 Å². The lowest BCUT2D eigenvalue weighted by atomic mass is 10.2. The van der Waals surface area contributed by atoms with E-state index in [4.69, 9.17) is 11.6 Å². The molecular weight excluding hydrogens is 311 g/mol. The molecule has 60 valence electrons. The quantitative estimate of drug-likeness (QED) is 0.675. The molecule has 4 heteroatoms. The molecule has 1 saturated carbocycles. The Bertz CT molecular complexity index is 282. The van der Waals surface area contributed by atoms with Crippen molar-refractivity contribution in [3.05, 3.63) is 21.3 Å². The second kappa shape index (κ2) is 2.72. The zero-order chi connectivity index (χ0) is 8.06. The summed E-state index contributed by atoms with van der Waals surface area (Å²) in [6, 6.07) is 2.04. The van der Waals surface area contributed by atoms with E-state index in [0.717, 1.165) is 10.8 Å². The Balaban J connectivity index is 2.20. The highest BCUT2D eigenvalue weighted by Crippen LogP contribution is 2.62. The van der Waals surface area contributed by atoms with Gasteiger partial charge in [0.25, 0.3) is 0 Å². The van der Waals surface area contributed by atoms with Gasteiger partial charge in [0, 0.05) is 5.92 Å². The SMILES string of the molecule is Clc1cc(C2CC2(Br)Br)cs1. The molecule has 0 spiro atoms. The van der Waals surface area contributed by atoms with E-state index in [0.29, 0.717) is 5.92 Å². The fourth-order valence-electron chi connectivity index (χ4n) is 1.08. The number of alkyl halides is 2. The molecule has 1 aliphatic rings. The van der Waals surface area contributed by atoms with Crippen LogP contribution in [0.25, 0.3) is 0 Å². The van der Waals surface area contributed by atoms with E-state index in [1.165, 1.54) is 5.56 Å². The van der Waals surface area contributed by atoms with E-state index in [1.807, 2.05) is 6.07 Å². The van der Waals surface area contributed by atoms with Gasteiger partial charge in [-0.3, -0.25) is 0 Å². The largest absolute Gasteiger partial charge is 0.132 e. The lowest BCUT2D eigenvalue weighted by Crippen LogP contribution is -1.84. The summed E-state index contributed by atoms with van der Waals surface area (Å²) in [4.78, 5) is 0. The van der Waals surface area contributed by atoms with Gasteiger partial charge in [-0.05, 0) is 23.4 Å². The highest BCUT2D eigenvalue weighted by atomic mass is 79.9. The zero-order valence-corrected chi connectivity index (χ0v) is 10.2. The summed E-state index contributed by atoms with van der Waals surface area (Å²) in [5.41, 5.74) is 1.34. The van der Waals surface area contributed by atoms with E-state index in [-0.39, 0.29) is 3.23 Å². The first kappa shape index (κ1) is 8.54. The van der Waals surface area contributed by atoms with Crippen molar-refractivity contribution in [1.29, 1.82) is 0 Å². The molecule has 0 radical (unpaired) electrons. The molecule has 0 aliphatic heterocycles. The first-order valence-corrected chi connectivity index (χ1v) is 6.06. The van der Waals surface area contributed by atoms with Crippen LogP contribution in [0.2, 0.25) is 4.34 Å². The normalized spacial score (nSPS) is 27.0. The first-order chi connectivity index (χ1) is 5.09. The van der Waals surface area contributed by atoms with Crippen molar-refractivity contribution in [3.63, 3.8) is 0 Å². The minimum Gasteiger partial charge on any atom is -0.132 e. The van der Waals surface area contributed by atoms with E-state index in [2.05, 4.69) is 37.2 Å². The molecule has 1 atom stereocenters. The lowest BCUT2D eigenvalue weighted by molar-refractivity contribution is 1.14. The summed E-state index contributed by atoms with van der Waals surface area (Å²) < 4.78 is 1.03. The van der Waals surface area contributed by atoms with Crippen LogP contribution in [-0.4, -0.2) is 3.23 Å². The molecule has 1 heterocycles. The van der Waals surface area contributed by atoms with Gasteiger partial charge in [0.2, 0.25) is 0 Å². The maximum atomic E-state index is 5.81. The summed E-state index contributed by atoms with van der Waals surface area (Å²) in [6.45, 7) is 0. The molecule has 1 unspecified atom stereocenters. The van der Waals surface area contributed by atoms with Crippen LogP contribution in [0.4, 0.5) is 0 Å². The second-order valence-corrected chi connectivity index (χ2v) is 8.14. The third-order valence-electron chi connectivity index (χ3n) is 1.82. The Morgan fingerprint density at radius 2 is 2.27 bits per heavy atom.